The molecule has 0 atom stereocenters. The van der Waals surface area contributed by atoms with Crippen LogP contribution >= 0.6 is 0 Å². The molecule has 13 heavy (non-hydrogen) atoms. The van der Waals surface area contributed by atoms with Gasteiger partial charge in [0.15, 0.2) is 0 Å². The van der Waals surface area contributed by atoms with E-state index in [9.17, 15) is 17.3 Å². The molecule has 7 heteroatoms. The molecule has 0 amide bonds. The first-order valence-electron chi connectivity index (χ1n) is 4.15. The Labute approximate surface area is 78.7 Å². The molecule has 0 aromatic rings. The fourth-order valence-electron chi connectivity index (χ4n) is 1.00. The summed E-state index contributed by atoms with van der Waals surface area (Å²) in [5.41, 5.74) is 0.459. The highest BCUT2D eigenvalue weighted by Gasteiger charge is 2.20. The van der Waals surface area contributed by atoms with Crippen LogP contribution in [-0.4, -0.2) is 21.8 Å². The standard InChI is InChI=1S/C6H17NSi.BF4/c1-6(2,3)7-8(4)5;2-1(3,4)5/h7-8H,1-5H3;/q;-1/p+1. The zero-order chi connectivity index (χ0) is 11.3. The summed E-state index contributed by atoms with van der Waals surface area (Å²) in [6, 6.07) is 0. The molecule has 0 aliphatic heterocycles. The first kappa shape index (κ1) is 15.4. The lowest BCUT2D eigenvalue weighted by Crippen LogP contribution is -3.00. The molecule has 0 radical (unpaired) electrons. The van der Waals surface area contributed by atoms with Gasteiger partial charge in [-0.15, -0.1) is 0 Å². The number of quaternary nitrogens is 1. The van der Waals surface area contributed by atoms with Crippen LogP contribution in [0.25, 0.3) is 0 Å². The van der Waals surface area contributed by atoms with E-state index in [1.807, 2.05) is 0 Å². The Bertz CT molecular complexity index is 126. The molecule has 0 aliphatic carbocycles. The first-order chi connectivity index (χ1) is 5.42. The van der Waals surface area contributed by atoms with E-state index in [1.165, 1.54) is 0 Å². The van der Waals surface area contributed by atoms with Crippen LogP contribution < -0.4 is 4.98 Å². The molecule has 0 saturated carbocycles. The van der Waals surface area contributed by atoms with Crippen LogP contribution in [0.1, 0.15) is 20.8 Å². The van der Waals surface area contributed by atoms with E-state index >= 15 is 0 Å². The second kappa shape index (κ2) is 5.64. The van der Waals surface area contributed by atoms with Gasteiger partial charge >= 0.3 is 7.25 Å². The molecule has 0 bridgehead atoms. The van der Waals surface area contributed by atoms with Gasteiger partial charge in [0.05, 0.1) is 5.54 Å². The Kier molecular flexibility index (Phi) is 6.70. The van der Waals surface area contributed by atoms with Crippen molar-refractivity contribution in [1.29, 1.82) is 0 Å². The summed E-state index contributed by atoms with van der Waals surface area (Å²) in [6.45, 7) is 11.5. The molecule has 0 heterocycles. The quantitative estimate of drug-likeness (QED) is 0.510. The SMILES string of the molecule is C[SiH](C)[NH2+]C(C)(C)C.F[B-](F)(F)F. The molecule has 0 saturated heterocycles. The third kappa shape index (κ3) is 48.2. The minimum absolute atomic E-state index is 0.421. The van der Waals surface area contributed by atoms with Crippen molar-refractivity contribution in [1.82, 2.24) is 0 Å². The van der Waals surface area contributed by atoms with Crippen LogP contribution in [0.3, 0.4) is 0 Å². The van der Waals surface area contributed by atoms with Crippen molar-refractivity contribution in [3.63, 3.8) is 0 Å². The monoisotopic (exact) mass is 219 g/mol. The lowest BCUT2D eigenvalue weighted by atomic mass is 10.1. The Hall–Kier alpha value is -0.0382. The minimum Gasteiger partial charge on any atom is -0.418 e. The van der Waals surface area contributed by atoms with Gasteiger partial charge in [-0.05, 0) is 33.9 Å². The summed E-state index contributed by atoms with van der Waals surface area (Å²) in [5.74, 6) is 0. The Morgan fingerprint density at radius 2 is 1.23 bits per heavy atom. The Morgan fingerprint density at radius 1 is 1.00 bits per heavy atom. The van der Waals surface area contributed by atoms with E-state index in [2.05, 4.69) is 38.8 Å². The predicted molar refractivity (Wildman–Crippen MR) is 50.7 cm³/mol. The number of nitrogens with two attached hydrogens (primary N) is 1. The van der Waals surface area contributed by atoms with Crippen molar-refractivity contribution in [3.8, 4) is 0 Å². The van der Waals surface area contributed by atoms with Crippen molar-refractivity contribution in [2.45, 2.75) is 39.4 Å². The maximum absolute atomic E-state index is 9.75. The van der Waals surface area contributed by atoms with Gasteiger partial charge in [-0.1, -0.05) is 0 Å². The number of halogens is 4. The number of hydrogen-bond acceptors (Lipinski definition) is 0. The van der Waals surface area contributed by atoms with Crippen LogP contribution in [0.2, 0.25) is 13.1 Å². The van der Waals surface area contributed by atoms with Crippen LogP contribution in [-0.2, 0) is 0 Å². The summed E-state index contributed by atoms with van der Waals surface area (Å²) in [7, 11) is -6.42. The third-order valence-corrected chi connectivity index (χ3v) is 2.50. The van der Waals surface area contributed by atoms with Gasteiger partial charge in [-0.3, -0.25) is 0 Å². The fourth-order valence-corrected chi connectivity index (χ4v) is 3.00. The van der Waals surface area contributed by atoms with Gasteiger partial charge in [-0.25, -0.2) is 0 Å². The zero-order valence-electron chi connectivity index (χ0n) is 8.74. The molecular formula is C6H18BF4NSi. The van der Waals surface area contributed by atoms with E-state index < -0.39 is 16.2 Å². The maximum Gasteiger partial charge on any atom is 0.673 e. The lowest BCUT2D eigenvalue weighted by Gasteiger charge is -2.19. The number of hydrogen-bond donors (Lipinski definition) is 1. The molecule has 0 rings (SSSR count). The third-order valence-electron chi connectivity index (χ3n) is 0.833. The Balaban J connectivity index is 0. The van der Waals surface area contributed by atoms with Crippen molar-refractivity contribution in [3.05, 3.63) is 0 Å². The molecule has 82 valence electrons. The van der Waals surface area contributed by atoms with Crippen molar-refractivity contribution >= 4 is 16.2 Å². The smallest absolute Gasteiger partial charge is 0.418 e. The topological polar surface area (TPSA) is 16.6 Å². The average molecular weight is 219 g/mol. The van der Waals surface area contributed by atoms with Crippen molar-refractivity contribution < 1.29 is 22.2 Å². The normalized spacial score (nSPS) is 12.5. The highest BCUT2D eigenvalue weighted by Crippen LogP contribution is 2.06. The van der Waals surface area contributed by atoms with Gasteiger partial charge in [0.25, 0.3) is 8.96 Å². The zero-order valence-corrected chi connectivity index (χ0v) is 9.90. The average Bonchev–Trinajstić information content (AvgIpc) is 1.47. The van der Waals surface area contributed by atoms with Crippen LogP contribution in [0, 0.1) is 0 Å². The second-order valence-corrected chi connectivity index (χ2v) is 7.09. The molecule has 0 aromatic heterocycles. The van der Waals surface area contributed by atoms with E-state index in [4.69, 9.17) is 0 Å². The van der Waals surface area contributed by atoms with Gasteiger partial charge in [0.2, 0.25) is 0 Å². The predicted octanol–water partition coefficient (Wildman–Crippen LogP) is 1.63. The van der Waals surface area contributed by atoms with E-state index in [0.717, 1.165) is 0 Å². The first-order valence-corrected chi connectivity index (χ1v) is 7.13. The summed E-state index contributed by atoms with van der Waals surface area (Å²) in [6.07, 6.45) is 0. The minimum atomic E-state index is -6.00. The molecule has 0 aromatic carbocycles. The molecule has 2 N–H and O–H groups in total. The van der Waals surface area contributed by atoms with E-state index in [0.29, 0.717) is 5.54 Å². The highest BCUT2D eigenvalue weighted by atomic mass is 28.3. The van der Waals surface area contributed by atoms with Gasteiger partial charge in [0, 0.05) is 0 Å². The van der Waals surface area contributed by atoms with Gasteiger partial charge in [0.1, 0.15) is 0 Å². The van der Waals surface area contributed by atoms with Crippen molar-refractivity contribution in [2.75, 3.05) is 0 Å². The second-order valence-electron chi connectivity index (χ2n) is 4.27. The largest absolute Gasteiger partial charge is 0.673 e. The maximum atomic E-state index is 9.75. The Morgan fingerprint density at radius 3 is 1.23 bits per heavy atom. The van der Waals surface area contributed by atoms with Crippen molar-refractivity contribution in [2.24, 2.45) is 0 Å². The summed E-state index contributed by atoms with van der Waals surface area (Å²) >= 11 is 0. The highest BCUT2D eigenvalue weighted by molar-refractivity contribution is 6.50. The fraction of sp³-hybridized carbons (Fsp3) is 1.00. The lowest BCUT2D eigenvalue weighted by molar-refractivity contribution is -0.597. The molecule has 0 aliphatic rings. The van der Waals surface area contributed by atoms with E-state index in [-0.39, 0.29) is 0 Å². The molecular weight excluding hydrogens is 201 g/mol. The molecule has 1 nitrogen and oxygen atoms in total. The van der Waals surface area contributed by atoms with E-state index in [1.54, 1.807) is 0 Å². The van der Waals surface area contributed by atoms with Crippen LogP contribution in [0.4, 0.5) is 17.3 Å². The number of rotatable bonds is 1. The van der Waals surface area contributed by atoms with Crippen LogP contribution in [0.5, 0.6) is 0 Å². The summed E-state index contributed by atoms with van der Waals surface area (Å²) in [5, 5.41) is 0. The van der Waals surface area contributed by atoms with Gasteiger partial charge < -0.3 is 22.2 Å². The molecule has 0 fully saturated rings. The van der Waals surface area contributed by atoms with Gasteiger partial charge in [-0.2, -0.15) is 0 Å². The summed E-state index contributed by atoms with van der Waals surface area (Å²) in [4.78, 5) is 2.49. The molecule has 0 spiro atoms. The molecule has 0 unspecified atom stereocenters. The van der Waals surface area contributed by atoms with Crippen LogP contribution in [0.15, 0.2) is 0 Å². The summed E-state index contributed by atoms with van der Waals surface area (Å²) < 4.78 is 39.0.